The van der Waals surface area contributed by atoms with Crippen molar-refractivity contribution < 1.29 is 0 Å². The minimum Gasteiger partial charge on any atom is -0.354 e. The van der Waals surface area contributed by atoms with Gasteiger partial charge in [-0.3, -0.25) is 4.90 Å². The summed E-state index contributed by atoms with van der Waals surface area (Å²) in [5, 5.41) is 13.3. The van der Waals surface area contributed by atoms with Crippen molar-refractivity contribution in [2.45, 2.75) is 19.4 Å². The highest BCUT2D eigenvalue weighted by Gasteiger charge is 2.23. The van der Waals surface area contributed by atoms with Crippen molar-refractivity contribution in [3.05, 3.63) is 24.5 Å². The Kier molecular flexibility index (Phi) is 3.52. The fourth-order valence-corrected chi connectivity index (χ4v) is 2.67. The van der Waals surface area contributed by atoms with Gasteiger partial charge in [0.1, 0.15) is 5.82 Å². The van der Waals surface area contributed by atoms with Crippen LogP contribution < -0.4 is 4.90 Å². The molecule has 104 valence electrons. The molecule has 0 amide bonds. The van der Waals surface area contributed by atoms with Gasteiger partial charge in [0.25, 0.3) is 0 Å². The van der Waals surface area contributed by atoms with E-state index in [2.05, 4.69) is 32.9 Å². The van der Waals surface area contributed by atoms with Gasteiger partial charge in [0.15, 0.2) is 5.65 Å². The predicted molar refractivity (Wildman–Crippen MR) is 76.5 cm³/mol. The summed E-state index contributed by atoms with van der Waals surface area (Å²) in [5.74, 6) is 0.989. The molecule has 0 saturated carbocycles. The standard InChI is InChI=1S/C14H18N6/c1-2-12(11-15)18-7-9-19(10-8-18)13-4-6-20-14(17-13)3-5-16-20/h3-6,12H,2,7-10H2,1H3. The van der Waals surface area contributed by atoms with Gasteiger partial charge in [-0.2, -0.15) is 10.4 Å². The molecule has 0 spiro atoms. The lowest BCUT2D eigenvalue weighted by molar-refractivity contribution is 0.216. The lowest BCUT2D eigenvalue weighted by Crippen LogP contribution is -2.50. The van der Waals surface area contributed by atoms with Crippen LogP contribution in [-0.4, -0.2) is 51.7 Å². The van der Waals surface area contributed by atoms with E-state index in [1.807, 2.05) is 18.3 Å². The SMILES string of the molecule is CCC(C#N)N1CCN(c2ccn3nccc3n2)CC1. The molecule has 0 aromatic carbocycles. The van der Waals surface area contributed by atoms with Crippen LogP contribution in [-0.2, 0) is 0 Å². The largest absolute Gasteiger partial charge is 0.354 e. The van der Waals surface area contributed by atoms with Crippen LogP contribution >= 0.6 is 0 Å². The Balaban J connectivity index is 1.70. The van der Waals surface area contributed by atoms with E-state index in [9.17, 15) is 0 Å². The summed E-state index contributed by atoms with van der Waals surface area (Å²) < 4.78 is 1.77. The second-order valence-corrected chi connectivity index (χ2v) is 5.00. The predicted octanol–water partition coefficient (Wildman–Crippen LogP) is 1.15. The molecule has 2 aromatic rings. The number of nitriles is 1. The van der Waals surface area contributed by atoms with E-state index < -0.39 is 0 Å². The first-order valence-corrected chi connectivity index (χ1v) is 7.01. The number of nitrogens with zero attached hydrogens (tertiary/aromatic N) is 6. The lowest BCUT2D eigenvalue weighted by Gasteiger charge is -2.37. The topological polar surface area (TPSA) is 60.5 Å². The van der Waals surface area contributed by atoms with E-state index in [4.69, 9.17) is 5.26 Å². The normalized spacial score (nSPS) is 18.1. The number of hydrogen-bond donors (Lipinski definition) is 0. The summed E-state index contributed by atoms with van der Waals surface area (Å²) in [5.41, 5.74) is 0.869. The molecule has 3 heterocycles. The molecular weight excluding hydrogens is 252 g/mol. The van der Waals surface area contributed by atoms with E-state index >= 15 is 0 Å². The summed E-state index contributed by atoms with van der Waals surface area (Å²) >= 11 is 0. The minimum atomic E-state index is 0.0439. The Labute approximate surface area is 118 Å². The van der Waals surface area contributed by atoms with Crippen molar-refractivity contribution in [1.29, 1.82) is 5.26 Å². The van der Waals surface area contributed by atoms with E-state index in [0.717, 1.165) is 44.1 Å². The Morgan fingerprint density at radius 3 is 2.80 bits per heavy atom. The third-order valence-electron chi connectivity index (χ3n) is 3.86. The van der Waals surface area contributed by atoms with Gasteiger partial charge in [0.05, 0.1) is 18.3 Å². The van der Waals surface area contributed by atoms with Gasteiger partial charge in [-0.25, -0.2) is 9.50 Å². The highest BCUT2D eigenvalue weighted by atomic mass is 15.3. The minimum absolute atomic E-state index is 0.0439. The Morgan fingerprint density at radius 1 is 1.30 bits per heavy atom. The van der Waals surface area contributed by atoms with E-state index in [0.29, 0.717) is 0 Å². The van der Waals surface area contributed by atoms with E-state index in [1.54, 1.807) is 10.7 Å². The van der Waals surface area contributed by atoms with Gasteiger partial charge in [-0.15, -0.1) is 0 Å². The number of anilines is 1. The highest BCUT2D eigenvalue weighted by Crippen LogP contribution is 2.16. The van der Waals surface area contributed by atoms with Crippen LogP contribution in [0.4, 0.5) is 5.82 Å². The van der Waals surface area contributed by atoms with Crippen LogP contribution in [0.3, 0.4) is 0 Å². The zero-order chi connectivity index (χ0) is 13.9. The third kappa shape index (κ3) is 2.32. The molecule has 2 aromatic heterocycles. The smallest absolute Gasteiger partial charge is 0.157 e. The third-order valence-corrected chi connectivity index (χ3v) is 3.86. The number of aromatic nitrogens is 3. The average Bonchev–Trinajstić information content (AvgIpc) is 2.96. The first kappa shape index (κ1) is 12.9. The maximum atomic E-state index is 9.13. The molecule has 0 aliphatic carbocycles. The van der Waals surface area contributed by atoms with Gasteiger partial charge in [-0.1, -0.05) is 6.92 Å². The molecule has 3 rings (SSSR count). The molecule has 1 fully saturated rings. The molecule has 1 aliphatic heterocycles. The first-order chi connectivity index (χ1) is 9.81. The van der Waals surface area contributed by atoms with Gasteiger partial charge in [-0.05, 0) is 12.5 Å². The molecule has 0 bridgehead atoms. The van der Waals surface area contributed by atoms with Crippen LogP contribution in [0.1, 0.15) is 13.3 Å². The van der Waals surface area contributed by atoms with Crippen molar-refractivity contribution in [3.8, 4) is 6.07 Å². The highest BCUT2D eigenvalue weighted by molar-refractivity contribution is 5.47. The molecule has 20 heavy (non-hydrogen) atoms. The van der Waals surface area contributed by atoms with Gasteiger partial charge in [0, 0.05) is 38.4 Å². The summed E-state index contributed by atoms with van der Waals surface area (Å²) in [4.78, 5) is 9.14. The number of fused-ring (bicyclic) bond motifs is 1. The molecule has 1 aliphatic rings. The van der Waals surface area contributed by atoms with E-state index in [1.165, 1.54) is 0 Å². The van der Waals surface area contributed by atoms with E-state index in [-0.39, 0.29) is 6.04 Å². The van der Waals surface area contributed by atoms with Crippen molar-refractivity contribution in [1.82, 2.24) is 19.5 Å². The number of rotatable bonds is 3. The van der Waals surface area contributed by atoms with Crippen LogP contribution in [0.5, 0.6) is 0 Å². The van der Waals surface area contributed by atoms with Crippen LogP contribution in [0.25, 0.3) is 5.65 Å². The van der Waals surface area contributed by atoms with Crippen molar-refractivity contribution in [3.63, 3.8) is 0 Å². The maximum absolute atomic E-state index is 9.13. The summed E-state index contributed by atoms with van der Waals surface area (Å²) in [7, 11) is 0. The first-order valence-electron chi connectivity index (χ1n) is 7.01. The Bertz CT molecular complexity index is 620. The fraction of sp³-hybridized carbons (Fsp3) is 0.500. The van der Waals surface area contributed by atoms with Gasteiger partial charge < -0.3 is 4.90 Å². The summed E-state index contributed by atoms with van der Waals surface area (Å²) in [6, 6.07) is 6.32. The lowest BCUT2D eigenvalue weighted by atomic mass is 10.2. The molecule has 6 nitrogen and oxygen atoms in total. The van der Waals surface area contributed by atoms with Gasteiger partial charge in [0.2, 0.25) is 0 Å². The monoisotopic (exact) mass is 270 g/mol. The van der Waals surface area contributed by atoms with Crippen molar-refractivity contribution >= 4 is 11.5 Å². The molecule has 1 unspecified atom stereocenters. The molecule has 0 N–H and O–H groups in total. The Morgan fingerprint density at radius 2 is 2.10 bits per heavy atom. The zero-order valence-electron chi connectivity index (χ0n) is 11.6. The average molecular weight is 270 g/mol. The molecule has 1 saturated heterocycles. The number of hydrogen-bond acceptors (Lipinski definition) is 5. The van der Waals surface area contributed by atoms with Crippen LogP contribution in [0.2, 0.25) is 0 Å². The molecule has 6 heteroatoms. The van der Waals surface area contributed by atoms with Crippen molar-refractivity contribution in [2.75, 3.05) is 31.1 Å². The second-order valence-electron chi connectivity index (χ2n) is 5.00. The number of piperazine rings is 1. The summed E-state index contributed by atoms with van der Waals surface area (Å²) in [6.07, 6.45) is 4.58. The maximum Gasteiger partial charge on any atom is 0.157 e. The van der Waals surface area contributed by atoms with Crippen LogP contribution in [0, 0.1) is 11.3 Å². The van der Waals surface area contributed by atoms with Gasteiger partial charge >= 0.3 is 0 Å². The molecule has 1 atom stereocenters. The zero-order valence-corrected chi connectivity index (χ0v) is 11.6. The fourth-order valence-electron chi connectivity index (χ4n) is 2.67. The quantitative estimate of drug-likeness (QED) is 0.837. The molecule has 0 radical (unpaired) electrons. The summed E-state index contributed by atoms with van der Waals surface area (Å²) in [6.45, 7) is 5.72. The Hall–Kier alpha value is -2.13. The van der Waals surface area contributed by atoms with Crippen LogP contribution in [0.15, 0.2) is 24.5 Å². The van der Waals surface area contributed by atoms with Crippen molar-refractivity contribution in [2.24, 2.45) is 0 Å². The molecular formula is C14H18N6. The second kappa shape index (κ2) is 5.47.